The van der Waals surface area contributed by atoms with Crippen molar-refractivity contribution in [3.63, 3.8) is 0 Å². The summed E-state index contributed by atoms with van der Waals surface area (Å²) in [6.07, 6.45) is 0.906. The Morgan fingerprint density at radius 2 is 2.31 bits per heavy atom. The number of carbonyl (C=O) groups is 1. The molecule has 0 heterocycles. The summed E-state index contributed by atoms with van der Waals surface area (Å²) in [6.45, 7) is 1.71. The zero-order chi connectivity index (χ0) is 12.0. The van der Waals surface area contributed by atoms with Crippen molar-refractivity contribution in [2.45, 2.75) is 25.7 Å². The number of carboxylic acids is 1. The second-order valence-electron chi connectivity index (χ2n) is 3.41. The normalized spacial score (nSPS) is 11.4. The van der Waals surface area contributed by atoms with Crippen LogP contribution in [0.3, 0.4) is 0 Å². The van der Waals surface area contributed by atoms with Gasteiger partial charge in [0.05, 0.1) is 5.92 Å². The van der Waals surface area contributed by atoms with Crippen LogP contribution >= 0.6 is 0 Å². The Labute approximate surface area is 94.1 Å². The lowest BCUT2D eigenvalue weighted by Crippen LogP contribution is -2.11. The van der Waals surface area contributed by atoms with E-state index in [1.165, 1.54) is 18.2 Å². The maximum atomic E-state index is 13.0. The van der Waals surface area contributed by atoms with E-state index in [1.807, 2.05) is 0 Å². The molecule has 0 amide bonds. The SMILES string of the molecule is CC#CCCC(C(=O)O)c1cccc(F)c1. The van der Waals surface area contributed by atoms with Crippen LogP contribution in [0.25, 0.3) is 0 Å². The second kappa shape index (κ2) is 5.92. The minimum atomic E-state index is -0.941. The molecule has 0 saturated carbocycles. The molecule has 1 rings (SSSR count). The van der Waals surface area contributed by atoms with Gasteiger partial charge in [0.15, 0.2) is 0 Å². The largest absolute Gasteiger partial charge is 0.481 e. The van der Waals surface area contributed by atoms with Crippen molar-refractivity contribution in [2.24, 2.45) is 0 Å². The number of hydrogen-bond acceptors (Lipinski definition) is 1. The summed E-state index contributed by atoms with van der Waals surface area (Å²) < 4.78 is 13.0. The third kappa shape index (κ3) is 3.39. The number of carboxylic acid groups (broad SMARTS) is 1. The van der Waals surface area contributed by atoms with Crippen molar-refractivity contribution in [3.05, 3.63) is 35.6 Å². The topological polar surface area (TPSA) is 37.3 Å². The highest BCUT2D eigenvalue weighted by Crippen LogP contribution is 2.22. The molecule has 1 unspecified atom stereocenters. The van der Waals surface area contributed by atoms with Gasteiger partial charge >= 0.3 is 5.97 Å². The molecule has 0 aromatic heterocycles. The van der Waals surface area contributed by atoms with E-state index < -0.39 is 17.7 Å². The van der Waals surface area contributed by atoms with E-state index >= 15 is 0 Å². The first-order valence-electron chi connectivity index (χ1n) is 5.03. The van der Waals surface area contributed by atoms with Gasteiger partial charge in [0, 0.05) is 6.42 Å². The van der Waals surface area contributed by atoms with Gasteiger partial charge in [0.1, 0.15) is 5.82 Å². The van der Waals surface area contributed by atoms with Gasteiger partial charge < -0.3 is 5.11 Å². The maximum absolute atomic E-state index is 13.0. The van der Waals surface area contributed by atoms with E-state index in [2.05, 4.69) is 11.8 Å². The minimum absolute atomic E-state index is 0.402. The molecule has 1 aromatic rings. The van der Waals surface area contributed by atoms with Crippen LogP contribution in [0, 0.1) is 17.7 Å². The lowest BCUT2D eigenvalue weighted by atomic mass is 9.94. The van der Waals surface area contributed by atoms with Crippen molar-refractivity contribution in [1.29, 1.82) is 0 Å². The molecule has 0 aliphatic rings. The van der Waals surface area contributed by atoms with Crippen LogP contribution in [-0.2, 0) is 4.79 Å². The molecule has 0 aliphatic carbocycles. The standard InChI is InChI=1S/C13H13FO2/c1-2-3-4-8-12(13(15)16)10-6-5-7-11(14)9-10/h5-7,9,12H,4,8H2,1H3,(H,15,16). The summed E-state index contributed by atoms with van der Waals surface area (Å²) in [5.74, 6) is 3.48. The van der Waals surface area contributed by atoms with E-state index in [1.54, 1.807) is 13.0 Å². The average molecular weight is 220 g/mol. The molecule has 0 saturated heterocycles. The Hall–Kier alpha value is -1.82. The zero-order valence-corrected chi connectivity index (χ0v) is 9.03. The smallest absolute Gasteiger partial charge is 0.311 e. The molecule has 0 spiro atoms. The van der Waals surface area contributed by atoms with E-state index in [9.17, 15) is 9.18 Å². The number of rotatable bonds is 4. The van der Waals surface area contributed by atoms with Gasteiger partial charge in [0.2, 0.25) is 0 Å². The molecule has 16 heavy (non-hydrogen) atoms. The van der Waals surface area contributed by atoms with Crippen LogP contribution in [0.15, 0.2) is 24.3 Å². The molecule has 0 radical (unpaired) electrons. The Morgan fingerprint density at radius 3 is 2.88 bits per heavy atom. The predicted molar refractivity (Wildman–Crippen MR) is 59.5 cm³/mol. The van der Waals surface area contributed by atoms with Crippen LogP contribution in [0.5, 0.6) is 0 Å². The highest BCUT2D eigenvalue weighted by Gasteiger charge is 2.19. The van der Waals surface area contributed by atoms with Crippen molar-refractivity contribution in [3.8, 4) is 11.8 Å². The molecule has 2 nitrogen and oxygen atoms in total. The van der Waals surface area contributed by atoms with Crippen molar-refractivity contribution >= 4 is 5.97 Å². The van der Waals surface area contributed by atoms with Crippen LogP contribution in [0.1, 0.15) is 31.2 Å². The molecule has 3 heteroatoms. The summed E-state index contributed by atoms with van der Waals surface area (Å²) in [7, 11) is 0. The van der Waals surface area contributed by atoms with Gasteiger partial charge in [0.25, 0.3) is 0 Å². The molecule has 1 atom stereocenters. The number of benzene rings is 1. The highest BCUT2D eigenvalue weighted by molar-refractivity contribution is 5.76. The Bertz CT molecular complexity index is 429. The molecule has 0 fully saturated rings. The first kappa shape index (κ1) is 12.3. The summed E-state index contributed by atoms with van der Waals surface area (Å²) in [6, 6.07) is 5.71. The van der Waals surface area contributed by atoms with E-state index in [-0.39, 0.29) is 0 Å². The fraction of sp³-hybridized carbons (Fsp3) is 0.308. The predicted octanol–water partition coefficient (Wildman–Crippen LogP) is 2.80. The van der Waals surface area contributed by atoms with Gasteiger partial charge in [-0.1, -0.05) is 12.1 Å². The molecule has 1 aromatic carbocycles. The fourth-order valence-corrected chi connectivity index (χ4v) is 1.50. The highest BCUT2D eigenvalue weighted by atomic mass is 19.1. The van der Waals surface area contributed by atoms with Crippen LogP contribution in [0.2, 0.25) is 0 Å². The second-order valence-corrected chi connectivity index (χ2v) is 3.41. The quantitative estimate of drug-likeness (QED) is 0.792. The molecular weight excluding hydrogens is 207 g/mol. The first-order chi connectivity index (χ1) is 7.65. The molecule has 0 bridgehead atoms. The van der Waals surface area contributed by atoms with Crippen LogP contribution in [0.4, 0.5) is 4.39 Å². The Kier molecular flexibility index (Phi) is 4.53. The van der Waals surface area contributed by atoms with Gasteiger partial charge in [-0.3, -0.25) is 4.79 Å². The van der Waals surface area contributed by atoms with Gasteiger partial charge in [-0.05, 0) is 31.0 Å². The van der Waals surface area contributed by atoms with Gasteiger partial charge in [-0.15, -0.1) is 11.8 Å². The monoisotopic (exact) mass is 220 g/mol. The average Bonchev–Trinajstić information content (AvgIpc) is 2.24. The molecule has 1 N–H and O–H groups in total. The Balaban J connectivity index is 2.84. The fourth-order valence-electron chi connectivity index (χ4n) is 1.50. The van der Waals surface area contributed by atoms with Crippen LogP contribution < -0.4 is 0 Å². The minimum Gasteiger partial charge on any atom is -0.481 e. The van der Waals surface area contributed by atoms with E-state index in [0.29, 0.717) is 18.4 Å². The number of aliphatic carboxylic acids is 1. The van der Waals surface area contributed by atoms with E-state index in [4.69, 9.17) is 5.11 Å². The summed E-state index contributed by atoms with van der Waals surface area (Å²) in [5, 5.41) is 9.05. The van der Waals surface area contributed by atoms with Crippen molar-refractivity contribution < 1.29 is 14.3 Å². The third-order valence-electron chi connectivity index (χ3n) is 2.28. The lowest BCUT2D eigenvalue weighted by Gasteiger charge is -2.10. The first-order valence-corrected chi connectivity index (χ1v) is 5.03. The summed E-state index contributed by atoms with van der Waals surface area (Å²) in [5.41, 5.74) is 0.491. The van der Waals surface area contributed by atoms with Gasteiger partial charge in [-0.2, -0.15) is 0 Å². The summed E-state index contributed by atoms with van der Waals surface area (Å²) >= 11 is 0. The Morgan fingerprint density at radius 1 is 1.56 bits per heavy atom. The van der Waals surface area contributed by atoms with Crippen molar-refractivity contribution in [1.82, 2.24) is 0 Å². The van der Waals surface area contributed by atoms with Crippen molar-refractivity contribution in [2.75, 3.05) is 0 Å². The maximum Gasteiger partial charge on any atom is 0.311 e. The third-order valence-corrected chi connectivity index (χ3v) is 2.28. The molecular formula is C13H13FO2. The number of hydrogen-bond donors (Lipinski definition) is 1. The van der Waals surface area contributed by atoms with Gasteiger partial charge in [-0.25, -0.2) is 4.39 Å². The molecule has 0 aliphatic heterocycles. The molecule has 84 valence electrons. The van der Waals surface area contributed by atoms with E-state index in [0.717, 1.165) is 0 Å². The number of halogens is 1. The lowest BCUT2D eigenvalue weighted by molar-refractivity contribution is -0.138. The zero-order valence-electron chi connectivity index (χ0n) is 9.03. The summed E-state index contributed by atoms with van der Waals surface area (Å²) in [4.78, 5) is 11.0. The van der Waals surface area contributed by atoms with Crippen LogP contribution in [-0.4, -0.2) is 11.1 Å².